The number of nitrogen functional groups attached to an aromatic ring is 1. The highest BCUT2D eigenvalue weighted by atomic mass is 35.5. The molecule has 1 aliphatic heterocycles. The van der Waals surface area contributed by atoms with Crippen LogP contribution in [0.25, 0.3) is 0 Å². The first-order valence-corrected chi connectivity index (χ1v) is 8.42. The third-order valence-electron chi connectivity index (χ3n) is 3.53. The molecule has 3 rings (SSSR count). The second-order valence-corrected chi connectivity index (χ2v) is 7.15. The van der Waals surface area contributed by atoms with Crippen molar-refractivity contribution in [2.24, 2.45) is 0 Å². The molecule has 1 aliphatic rings. The molecule has 0 spiro atoms. The predicted molar refractivity (Wildman–Crippen MR) is 86.4 cm³/mol. The van der Waals surface area contributed by atoms with E-state index < -0.39 is 10.8 Å². The lowest BCUT2D eigenvalue weighted by atomic mass is 10.1. The number of aryl methyl sites for hydroxylation is 1. The highest BCUT2D eigenvalue weighted by molar-refractivity contribution is 7.85. The summed E-state index contributed by atoms with van der Waals surface area (Å²) in [6.45, 7) is 2.06. The number of hydrogen-bond acceptors (Lipinski definition) is 3. The molecule has 0 fully saturated rings. The second kappa shape index (κ2) is 5.70. The number of rotatable bonds is 3. The SMILES string of the molecule is Cc1ccc2c(c1)CC(CS(=O)c1ccc(N)c(Cl)c1)O2. The summed E-state index contributed by atoms with van der Waals surface area (Å²) in [5.74, 6) is 1.35. The molecule has 0 aromatic heterocycles. The van der Waals surface area contributed by atoms with E-state index in [1.807, 2.05) is 12.1 Å². The second-order valence-electron chi connectivity index (χ2n) is 5.25. The number of halogens is 1. The Morgan fingerprint density at radius 1 is 1.33 bits per heavy atom. The van der Waals surface area contributed by atoms with Gasteiger partial charge in [-0.3, -0.25) is 4.21 Å². The van der Waals surface area contributed by atoms with Crippen LogP contribution in [0.5, 0.6) is 5.75 Å². The van der Waals surface area contributed by atoms with Crippen molar-refractivity contribution >= 4 is 28.1 Å². The molecule has 2 aromatic carbocycles. The Balaban J connectivity index is 1.71. The number of benzene rings is 2. The van der Waals surface area contributed by atoms with Gasteiger partial charge in [0, 0.05) is 11.3 Å². The van der Waals surface area contributed by atoms with Gasteiger partial charge in [-0.25, -0.2) is 0 Å². The molecule has 2 N–H and O–H groups in total. The topological polar surface area (TPSA) is 52.3 Å². The fraction of sp³-hybridized carbons (Fsp3) is 0.250. The molecule has 21 heavy (non-hydrogen) atoms. The van der Waals surface area contributed by atoms with E-state index >= 15 is 0 Å². The van der Waals surface area contributed by atoms with E-state index in [-0.39, 0.29) is 6.10 Å². The van der Waals surface area contributed by atoms with Crippen molar-refractivity contribution in [3.8, 4) is 5.75 Å². The van der Waals surface area contributed by atoms with Crippen LogP contribution in [-0.2, 0) is 17.2 Å². The summed E-state index contributed by atoms with van der Waals surface area (Å²) >= 11 is 5.97. The minimum Gasteiger partial charge on any atom is -0.489 e. The molecular formula is C16H16ClNO2S. The zero-order valence-corrected chi connectivity index (χ0v) is 13.2. The molecule has 2 aromatic rings. The van der Waals surface area contributed by atoms with Crippen LogP contribution in [0.4, 0.5) is 5.69 Å². The van der Waals surface area contributed by atoms with E-state index in [9.17, 15) is 4.21 Å². The summed E-state index contributed by atoms with van der Waals surface area (Å²) in [6.07, 6.45) is 0.741. The third-order valence-corrected chi connectivity index (χ3v) is 5.31. The number of fused-ring (bicyclic) bond motifs is 1. The number of hydrogen-bond donors (Lipinski definition) is 1. The Bertz CT molecular complexity index is 717. The Kier molecular flexibility index (Phi) is 3.91. The predicted octanol–water partition coefficient (Wildman–Crippen LogP) is 3.34. The number of ether oxygens (including phenoxy) is 1. The van der Waals surface area contributed by atoms with Gasteiger partial charge in [-0.2, -0.15) is 0 Å². The van der Waals surface area contributed by atoms with Crippen LogP contribution < -0.4 is 10.5 Å². The van der Waals surface area contributed by atoms with Gasteiger partial charge in [0.1, 0.15) is 11.9 Å². The van der Waals surface area contributed by atoms with Crippen molar-refractivity contribution in [3.05, 3.63) is 52.5 Å². The smallest absolute Gasteiger partial charge is 0.123 e. The first kappa shape index (κ1) is 14.4. The van der Waals surface area contributed by atoms with Gasteiger partial charge < -0.3 is 10.5 Å². The van der Waals surface area contributed by atoms with Gasteiger partial charge >= 0.3 is 0 Å². The molecule has 0 aliphatic carbocycles. The van der Waals surface area contributed by atoms with Crippen molar-refractivity contribution in [3.63, 3.8) is 0 Å². The molecule has 0 bridgehead atoms. The maximum absolute atomic E-state index is 12.4. The van der Waals surface area contributed by atoms with Crippen molar-refractivity contribution in [1.82, 2.24) is 0 Å². The van der Waals surface area contributed by atoms with Gasteiger partial charge in [0.2, 0.25) is 0 Å². The number of anilines is 1. The fourth-order valence-corrected chi connectivity index (χ4v) is 3.89. The normalized spacial score (nSPS) is 18.1. The summed E-state index contributed by atoms with van der Waals surface area (Å²) in [5.41, 5.74) is 8.57. The molecule has 1 heterocycles. The zero-order chi connectivity index (χ0) is 15.0. The minimum atomic E-state index is -1.15. The van der Waals surface area contributed by atoms with Crippen molar-refractivity contribution < 1.29 is 8.95 Å². The maximum atomic E-state index is 12.4. The summed E-state index contributed by atoms with van der Waals surface area (Å²) in [7, 11) is -1.15. The Labute approximate surface area is 131 Å². The van der Waals surface area contributed by atoms with Gasteiger partial charge in [-0.15, -0.1) is 0 Å². The van der Waals surface area contributed by atoms with E-state index in [4.69, 9.17) is 22.1 Å². The summed E-state index contributed by atoms with van der Waals surface area (Å²) < 4.78 is 18.3. The lowest BCUT2D eigenvalue weighted by Crippen LogP contribution is -2.21. The van der Waals surface area contributed by atoms with Crippen LogP contribution >= 0.6 is 11.6 Å². The molecule has 5 heteroatoms. The highest BCUT2D eigenvalue weighted by Gasteiger charge is 2.25. The lowest BCUT2D eigenvalue weighted by molar-refractivity contribution is 0.258. The van der Waals surface area contributed by atoms with Crippen LogP contribution in [-0.4, -0.2) is 16.1 Å². The molecule has 0 saturated carbocycles. The first-order chi connectivity index (χ1) is 10.0. The van der Waals surface area contributed by atoms with Crippen LogP contribution in [0.2, 0.25) is 5.02 Å². The zero-order valence-electron chi connectivity index (χ0n) is 11.6. The third kappa shape index (κ3) is 3.06. The monoisotopic (exact) mass is 321 g/mol. The molecule has 110 valence electrons. The van der Waals surface area contributed by atoms with E-state index in [1.165, 1.54) is 11.1 Å². The van der Waals surface area contributed by atoms with Crippen LogP contribution in [0, 0.1) is 6.92 Å². The van der Waals surface area contributed by atoms with Crippen LogP contribution in [0.1, 0.15) is 11.1 Å². The Morgan fingerprint density at radius 2 is 2.14 bits per heavy atom. The van der Waals surface area contributed by atoms with Crippen LogP contribution in [0.15, 0.2) is 41.3 Å². The summed E-state index contributed by atoms with van der Waals surface area (Å²) in [5, 5.41) is 0.437. The number of nitrogens with two attached hydrogens (primary N) is 1. The molecule has 0 amide bonds. The van der Waals surface area contributed by atoms with Crippen molar-refractivity contribution in [2.45, 2.75) is 24.3 Å². The fourth-order valence-electron chi connectivity index (χ4n) is 2.46. The summed E-state index contributed by atoms with van der Waals surface area (Å²) in [4.78, 5) is 0.685. The molecular weight excluding hydrogens is 306 g/mol. The van der Waals surface area contributed by atoms with Crippen LogP contribution in [0.3, 0.4) is 0 Å². The quantitative estimate of drug-likeness (QED) is 0.882. The largest absolute Gasteiger partial charge is 0.489 e. The first-order valence-electron chi connectivity index (χ1n) is 6.72. The lowest BCUT2D eigenvalue weighted by Gasteiger charge is -2.11. The molecule has 3 nitrogen and oxygen atoms in total. The Hall–Kier alpha value is -1.52. The highest BCUT2D eigenvalue weighted by Crippen LogP contribution is 2.30. The molecule has 0 radical (unpaired) electrons. The minimum absolute atomic E-state index is 0.0565. The van der Waals surface area contributed by atoms with E-state index in [0.29, 0.717) is 21.4 Å². The van der Waals surface area contributed by atoms with Gasteiger partial charge in [-0.05, 0) is 36.8 Å². The average molecular weight is 322 g/mol. The van der Waals surface area contributed by atoms with E-state index in [1.54, 1.807) is 18.2 Å². The molecule has 2 atom stereocenters. The molecule has 0 saturated heterocycles. The molecule has 2 unspecified atom stereocenters. The van der Waals surface area contributed by atoms with Gasteiger partial charge in [0.25, 0.3) is 0 Å². The Morgan fingerprint density at radius 3 is 2.90 bits per heavy atom. The maximum Gasteiger partial charge on any atom is 0.123 e. The van der Waals surface area contributed by atoms with E-state index in [2.05, 4.69) is 13.0 Å². The van der Waals surface area contributed by atoms with Crippen molar-refractivity contribution in [1.29, 1.82) is 0 Å². The van der Waals surface area contributed by atoms with Gasteiger partial charge in [0.15, 0.2) is 0 Å². The van der Waals surface area contributed by atoms with Gasteiger partial charge in [-0.1, -0.05) is 29.3 Å². The average Bonchev–Trinajstić information content (AvgIpc) is 2.83. The van der Waals surface area contributed by atoms with E-state index in [0.717, 1.165) is 12.2 Å². The summed E-state index contributed by atoms with van der Waals surface area (Å²) in [6, 6.07) is 11.2. The standard InChI is InChI=1S/C16H16ClNO2S/c1-10-2-5-16-11(6-10)7-12(20-16)9-21(19)13-3-4-15(18)14(17)8-13/h2-6,8,12H,7,9,18H2,1H3. The van der Waals surface area contributed by atoms with Crippen molar-refractivity contribution in [2.75, 3.05) is 11.5 Å². The van der Waals surface area contributed by atoms with Gasteiger partial charge in [0.05, 0.1) is 27.3 Å².